The van der Waals surface area contributed by atoms with Crippen molar-refractivity contribution in [2.24, 2.45) is 0 Å². The summed E-state index contributed by atoms with van der Waals surface area (Å²) < 4.78 is 7.77. The number of hydrogen-bond acceptors (Lipinski definition) is 5. The maximum Gasteiger partial charge on any atom is 0.267 e. The van der Waals surface area contributed by atoms with Crippen LogP contribution in [0.4, 0.5) is 0 Å². The molecule has 2 aromatic heterocycles. The predicted molar refractivity (Wildman–Crippen MR) is 128 cm³/mol. The van der Waals surface area contributed by atoms with Crippen LogP contribution in [0.2, 0.25) is 0 Å². The minimum absolute atomic E-state index is 0.0996. The number of ketones is 1. The van der Waals surface area contributed by atoms with Gasteiger partial charge < -0.3 is 9.64 Å². The number of amides is 1. The molecule has 2 heterocycles. The molecular weight excluding hydrogens is 424 g/mol. The summed E-state index contributed by atoms with van der Waals surface area (Å²) >= 11 is 1.27. The number of methoxy groups -OCH3 is 1. The molecule has 7 heteroatoms. The van der Waals surface area contributed by atoms with Crippen molar-refractivity contribution in [2.45, 2.75) is 20.4 Å². The van der Waals surface area contributed by atoms with Crippen molar-refractivity contribution in [3.05, 3.63) is 75.4 Å². The van der Waals surface area contributed by atoms with E-state index in [1.807, 2.05) is 44.2 Å². The molecule has 0 aliphatic heterocycles. The molecule has 0 N–H and O–H groups in total. The number of fused-ring (bicyclic) bond motifs is 3. The van der Waals surface area contributed by atoms with E-state index in [2.05, 4.69) is 0 Å². The molecule has 0 unspecified atom stereocenters. The Hall–Kier alpha value is -3.45. The minimum atomic E-state index is -0.338. The Bertz CT molecular complexity index is 1370. The Morgan fingerprint density at radius 1 is 1.00 bits per heavy atom. The number of carbonyl (C=O) groups excluding carboxylic acids is 2. The second kappa shape index (κ2) is 8.96. The van der Waals surface area contributed by atoms with E-state index in [0.717, 1.165) is 5.39 Å². The third kappa shape index (κ3) is 3.58. The lowest BCUT2D eigenvalue weighted by Gasteiger charge is -2.18. The van der Waals surface area contributed by atoms with Gasteiger partial charge in [0.05, 0.1) is 23.9 Å². The van der Waals surface area contributed by atoms with Gasteiger partial charge >= 0.3 is 0 Å². The number of hydrogen-bond donors (Lipinski definition) is 0. The maximum atomic E-state index is 13.6. The van der Waals surface area contributed by atoms with E-state index in [9.17, 15) is 14.4 Å². The zero-order chi connectivity index (χ0) is 22.8. The molecule has 0 radical (unpaired) electrons. The third-order valence-corrected chi connectivity index (χ3v) is 6.80. The molecule has 4 aromatic rings. The van der Waals surface area contributed by atoms with Gasteiger partial charge in [-0.05, 0) is 19.9 Å². The van der Waals surface area contributed by atoms with Crippen LogP contribution in [0.3, 0.4) is 0 Å². The van der Waals surface area contributed by atoms with E-state index >= 15 is 0 Å². The highest BCUT2D eigenvalue weighted by atomic mass is 32.1. The van der Waals surface area contributed by atoms with Crippen LogP contribution in [-0.2, 0) is 6.54 Å². The second-order valence-corrected chi connectivity index (χ2v) is 8.36. The number of Topliss-reactive ketones (excluding diaryl/α,β-unsaturated/α-hetero) is 1. The number of benzene rings is 2. The molecule has 0 aliphatic rings. The average molecular weight is 449 g/mol. The molecule has 1 amide bonds. The van der Waals surface area contributed by atoms with E-state index in [0.29, 0.717) is 39.1 Å². The van der Waals surface area contributed by atoms with Gasteiger partial charge in [0.2, 0.25) is 0 Å². The van der Waals surface area contributed by atoms with E-state index in [4.69, 9.17) is 4.74 Å². The first-order valence-electron chi connectivity index (χ1n) is 10.5. The van der Waals surface area contributed by atoms with E-state index in [1.54, 1.807) is 29.2 Å². The molecule has 2 aromatic carbocycles. The molecule has 4 rings (SSSR count). The topological polar surface area (TPSA) is 68.6 Å². The number of pyridine rings is 1. The van der Waals surface area contributed by atoms with Crippen LogP contribution in [0.5, 0.6) is 5.75 Å². The monoisotopic (exact) mass is 448 g/mol. The summed E-state index contributed by atoms with van der Waals surface area (Å²) in [7, 11) is 1.47. The predicted octanol–water partition coefficient (Wildman–Crippen LogP) is 4.59. The van der Waals surface area contributed by atoms with Gasteiger partial charge in [0.15, 0.2) is 11.5 Å². The molecule has 0 saturated heterocycles. The third-order valence-electron chi connectivity index (χ3n) is 5.61. The molecule has 0 bridgehead atoms. The number of ether oxygens (including phenoxy) is 1. The molecular formula is C25H24N2O4S. The van der Waals surface area contributed by atoms with Crippen molar-refractivity contribution in [2.75, 3.05) is 20.2 Å². The molecule has 164 valence electrons. The quantitative estimate of drug-likeness (QED) is 0.388. The van der Waals surface area contributed by atoms with Crippen LogP contribution in [0.25, 0.3) is 21.0 Å². The molecule has 0 saturated carbocycles. The maximum absolute atomic E-state index is 13.6. The number of aromatic nitrogens is 1. The summed E-state index contributed by atoms with van der Waals surface area (Å²) in [5.41, 5.74) is 0.855. The van der Waals surface area contributed by atoms with Gasteiger partial charge in [0.25, 0.3) is 11.5 Å². The normalized spacial score (nSPS) is 11.1. The van der Waals surface area contributed by atoms with Crippen LogP contribution < -0.4 is 10.3 Å². The Labute approximate surface area is 189 Å². The number of thiophene rings is 1. The van der Waals surface area contributed by atoms with E-state index in [1.165, 1.54) is 23.0 Å². The van der Waals surface area contributed by atoms with Crippen LogP contribution in [0.1, 0.15) is 33.9 Å². The van der Waals surface area contributed by atoms with Crippen LogP contribution >= 0.6 is 11.3 Å². The summed E-state index contributed by atoms with van der Waals surface area (Å²) in [5, 5.41) is 1.15. The molecule has 0 spiro atoms. The summed E-state index contributed by atoms with van der Waals surface area (Å²) in [6.45, 7) is 4.85. The van der Waals surface area contributed by atoms with Crippen molar-refractivity contribution >= 4 is 44.0 Å². The summed E-state index contributed by atoms with van der Waals surface area (Å²) in [5.74, 6) is -0.0483. The molecule has 32 heavy (non-hydrogen) atoms. The van der Waals surface area contributed by atoms with Crippen molar-refractivity contribution in [1.82, 2.24) is 9.47 Å². The Balaban J connectivity index is 1.98. The van der Waals surface area contributed by atoms with E-state index < -0.39 is 0 Å². The summed E-state index contributed by atoms with van der Waals surface area (Å²) in [6, 6.07) is 16.4. The molecule has 0 atom stereocenters. The van der Waals surface area contributed by atoms with Crippen molar-refractivity contribution < 1.29 is 14.3 Å². The first-order chi connectivity index (χ1) is 15.5. The van der Waals surface area contributed by atoms with Crippen LogP contribution in [-0.4, -0.2) is 41.4 Å². The van der Waals surface area contributed by atoms with Crippen molar-refractivity contribution in [3.8, 4) is 5.75 Å². The minimum Gasteiger partial charge on any atom is -0.494 e. The van der Waals surface area contributed by atoms with Crippen LogP contribution in [0.15, 0.2) is 59.4 Å². The van der Waals surface area contributed by atoms with Gasteiger partial charge in [-0.25, -0.2) is 0 Å². The highest BCUT2D eigenvalue weighted by Gasteiger charge is 2.27. The molecule has 6 nitrogen and oxygen atoms in total. The lowest BCUT2D eigenvalue weighted by atomic mass is 10.1. The van der Waals surface area contributed by atoms with Crippen molar-refractivity contribution in [1.29, 1.82) is 0 Å². The van der Waals surface area contributed by atoms with Gasteiger partial charge in [0, 0.05) is 24.0 Å². The largest absolute Gasteiger partial charge is 0.494 e. The fourth-order valence-electron chi connectivity index (χ4n) is 3.95. The van der Waals surface area contributed by atoms with Gasteiger partial charge in [-0.2, -0.15) is 0 Å². The lowest BCUT2D eigenvalue weighted by Crippen LogP contribution is -2.30. The average Bonchev–Trinajstić information content (AvgIpc) is 3.23. The molecule has 0 aliphatic carbocycles. The van der Waals surface area contributed by atoms with Crippen molar-refractivity contribution in [3.63, 3.8) is 0 Å². The number of para-hydroxylation sites is 1. The SMILES string of the molecule is CCN(CC)C(=O)c1sc2c(c1OC)c(=O)n(CC(=O)c1ccccc1)c1ccccc21. The first-order valence-corrected chi connectivity index (χ1v) is 11.3. The zero-order valence-electron chi connectivity index (χ0n) is 18.3. The second-order valence-electron chi connectivity index (χ2n) is 7.34. The summed E-state index contributed by atoms with van der Waals surface area (Å²) in [4.78, 5) is 41.8. The van der Waals surface area contributed by atoms with E-state index in [-0.39, 0.29) is 29.5 Å². The number of rotatable bonds is 7. The zero-order valence-corrected chi connectivity index (χ0v) is 19.1. The van der Waals surface area contributed by atoms with Gasteiger partial charge in [-0.15, -0.1) is 11.3 Å². The Morgan fingerprint density at radius 3 is 2.31 bits per heavy atom. The number of carbonyl (C=O) groups is 2. The van der Waals surface area contributed by atoms with Gasteiger partial charge in [0.1, 0.15) is 10.3 Å². The highest BCUT2D eigenvalue weighted by molar-refractivity contribution is 7.22. The van der Waals surface area contributed by atoms with Crippen LogP contribution in [0, 0.1) is 0 Å². The standard InChI is InChI=1S/C25H24N2O4S/c1-4-26(5-2)25(30)23-21(31-3)20-22(32-23)17-13-9-10-14-18(17)27(24(20)29)15-19(28)16-11-7-6-8-12-16/h6-14H,4-5,15H2,1-3H3. The first kappa shape index (κ1) is 21.8. The fourth-order valence-corrected chi connectivity index (χ4v) is 5.21. The Morgan fingerprint density at radius 2 is 1.66 bits per heavy atom. The lowest BCUT2D eigenvalue weighted by molar-refractivity contribution is 0.0774. The smallest absolute Gasteiger partial charge is 0.267 e. The highest BCUT2D eigenvalue weighted by Crippen LogP contribution is 2.40. The van der Waals surface area contributed by atoms with Gasteiger partial charge in [-0.1, -0.05) is 48.5 Å². The molecule has 0 fully saturated rings. The fraction of sp³-hybridized carbons (Fsp3) is 0.240. The Kier molecular flexibility index (Phi) is 6.10. The van der Waals surface area contributed by atoms with Gasteiger partial charge in [-0.3, -0.25) is 19.0 Å². The number of nitrogens with zero attached hydrogens (tertiary/aromatic N) is 2. The summed E-state index contributed by atoms with van der Waals surface area (Å²) in [6.07, 6.45) is 0.